The molecule has 0 bridgehead atoms. The van der Waals surface area contributed by atoms with Crippen LogP contribution in [0.3, 0.4) is 0 Å². The number of nitrogens with one attached hydrogen (secondary N) is 1. The Labute approximate surface area is 88.1 Å². The molecule has 14 heavy (non-hydrogen) atoms. The predicted octanol–water partition coefficient (Wildman–Crippen LogP) is 2.00. The summed E-state index contributed by atoms with van der Waals surface area (Å²) in [5, 5.41) is 3.81. The van der Waals surface area contributed by atoms with Gasteiger partial charge in [0.2, 0.25) is 0 Å². The number of nitrogens with zero attached hydrogens (tertiary/aromatic N) is 1. The Morgan fingerprint density at radius 2 is 1.64 bits per heavy atom. The largest absolute Gasteiger partial charge is 0.309 e. The minimum Gasteiger partial charge on any atom is -0.309 e. The van der Waals surface area contributed by atoms with Crippen LogP contribution >= 0.6 is 0 Å². The van der Waals surface area contributed by atoms with Gasteiger partial charge in [0.1, 0.15) is 0 Å². The molecule has 0 amide bonds. The van der Waals surface area contributed by atoms with Crippen molar-refractivity contribution in [3.63, 3.8) is 0 Å². The molecule has 2 fully saturated rings. The fraction of sp³-hybridized carbons (Fsp3) is 1.00. The fourth-order valence-electron chi connectivity index (χ4n) is 2.56. The molecular weight excluding hydrogens is 172 g/mol. The average Bonchev–Trinajstić information content (AvgIpc) is 2.84. The lowest BCUT2D eigenvalue weighted by atomic mass is 9.90. The highest BCUT2D eigenvalue weighted by Gasteiger charge is 2.39. The van der Waals surface area contributed by atoms with Crippen LogP contribution in [0.1, 0.15) is 45.4 Å². The van der Waals surface area contributed by atoms with Gasteiger partial charge in [-0.15, -0.1) is 0 Å². The Hall–Kier alpha value is -0.0800. The van der Waals surface area contributed by atoms with E-state index in [1.165, 1.54) is 38.5 Å². The summed E-state index contributed by atoms with van der Waals surface area (Å²) in [5.74, 6) is 0. The maximum absolute atomic E-state index is 3.81. The molecule has 0 atom stereocenters. The molecule has 0 radical (unpaired) electrons. The van der Waals surface area contributed by atoms with E-state index in [4.69, 9.17) is 0 Å². The van der Waals surface area contributed by atoms with Crippen molar-refractivity contribution in [2.45, 2.75) is 63.1 Å². The molecule has 0 heterocycles. The summed E-state index contributed by atoms with van der Waals surface area (Å²) in [5.41, 5.74) is 0.523. The third-order valence-electron chi connectivity index (χ3n) is 3.98. The zero-order chi connectivity index (χ0) is 10.2. The van der Waals surface area contributed by atoms with Crippen LogP contribution in [0.2, 0.25) is 0 Å². The number of hydrogen-bond donors (Lipinski definition) is 1. The smallest absolute Gasteiger partial charge is 0.0157 e. The van der Waals surface area contributed by atoms with E-state index in [2.05, 4.69) is 31.2 Å². The Kier molecular flexibility index (Phi) is 2.85. The summed E-state index contributed by atoms with van der Waals surface area (Å²) >= 11 is 0. The van der Waals surface area contributed by atoms with Gasteiger partial charge in [-0.1, -0.05) is 0 Å². The molecule has 82 valence electrons. The summed E-state index contributed by atoms with van der Waals surface area (Å²) < 4.78 is 0. The van der Waals surface area contributed by atoms with Crippen LogP contribution in [0, 0.1) is 0 Å². The van der Waals surface area contributed by atoms with Crippen LogP contribution < -0.4 is 5.32 Å². The van der Waals surface area contributed by atoms with E-state index in [9.17, 15) is 0 Å². The average molecular weight is 196 g/mol. The van der Waals surface area contributed by atoms with Gasteiger partial charge in [-0.25, -0.2) is 0 Å². The molecule has 0 aromatic rings. The van der Waals surface area contributed by atoms with Crippen molar-refractivity contribution in [1.82, 2.24) is 10.2 Å². The molecule has 2 nitrogen and oxygen atoms in total. The fourth-order valence-corrected chi connectivity index (χ4v) is 2.56. The second-order valence-corrected chi connectivity index (χ2v) is 5.67. The van der Waals surface area contributed by atoms with E-state index in [0.717, 1.165) is 12.1 Å². The SMILES string of the molecule is CN(C)C1CCC(NC2(C)CC2)CC1. The molecule has 2 heteroatoms. The first-order chi connectivity index (χ1) is 6.59. The third-order valence-corrected chi connectivity index (χ3v) is 3.98. The maximum Gasteiger partial charge on any atom is 0.0157 e. The molecule has 0 saturated heterocycles. The van der Waals surface area contributed by atoms with E-state index in [1.54, 1.807) is 0 Å². The summed E-state index contributed by atoms with van der Waals surface area (Å²) in [6.45, 7) is 2.37. The topological polar surface area (TPSA) is 15.3 Å². The molecule has 0 spiro atoms. The van der Waals surface area contributed by atoms with Crippen LogP contribution in [-0.2, 0) is 0 Å². The molecule has 0 aromatic carbocycles. The molecule has 2 saturated carbocycles. The van der Waals surface area contributed by atoms with Crippen molar-refractivity contribution in [3.8, 4) is 0 Å². The Morgan fingerprint density at radius 3 is 2.07 bits per heavy atom. The van der Waals surface area contributed by atoms with Crippen LogP contribution in [0.25, 0.3) is 0 Å². The zero-order valence-corrected chi connectivity index (χ0v) is 9.84. The molecule has 2 aliphatic carbocycles. The lowest BCUT2D eigenvalue weighted by Gasteiger charge is -2.34. The Bertz CT molecular complexity index is 188. The molecular formula is C12H24N2. The molecule has 2 aliphatic rings. The molecule has 2 rings (SSSR count). The maximum atomic E-state index is 3.81. The first-order valence-electron chi connectivity index (χ1n) is 6.03. The lowest BCUT2D eigenvalue weighted by Crippen LogP contribution is -2.43. The van der Waals surface area contributed by atoms with Gasteiger partial charge >= 0.3 is 0 Å². The van der Waals surface area contributed by atoms with Crippen molar-refractivity contribution in [2.75, 3.05) is 14.1 Å². The molecule has 0 aromatic heterocycles. The summed E-state index contributed by atoms with van der Waals surface area (Å²) in [6, 6.07) is 1.64. The van der Waals surface area contributed by atoms with Crippen LogP contribution in [0.4, 0.5) is 0 Å². The monoisotopic (exact) mass is 196 g/mol. The molecule has 1 N–H and O–H groups in total. The van der Waals surface area contributed by atoms with Gasteiger partial charge in [0.05, 0.1) is 0 Å². The zero-order valence-electron chi connectivity index (χ0n) is 9.84. The summed E-state index contributed by atoms with van der Waals surface area (Å²) in [4.78, 5) is 2.38. The van der Waals surface area contributed by atoms with Crippen LogP contribution in [0.5, 0.6) is 0 Å². The second-order valence-electron chi connectivity index (χ2n) is 5.67. The Balaban J connectivity index is 1.73. The number of hydrogen-bond acceptors (Lipinski definition) is 2. The van der Waals surface area contributed by atoms with Crippen molar-refractivity contribution in [3.05, 3.63) is 0 Å². The van der Waals surface area contributed by atoms with Crippen LogP contribution in [0.15, 0.2) is 0 Å². The summed E-state index contributed by atoms with van der Waals surface area (Å²) in [6.07, 6.45) is 8.28. The third kappa shape index (κ3) is 2.48. The van der Waals surface area contributed by atoms with Gasteiger partial charge in [-0.05, 0) is 59.5 Å². The first-order valence-corrected chi connectivity index (χ1v) is 6.03. The lowest BCUT2D eigenvalue weighted by molar-refractivity contribution is 0.198. The van der Waals surface area contributed by atoms with E-state index < -0.39 is 0 Å². The van der Waals surface area contributed by atoms with Gasteiger partial charge in [0, 0.05) is 17.6 Å². The van der Waals surface area contributed by atoms with Crippen molar-refractivity contribution in [1.29, 1.82) is 0 Å². The van der Waals surface area contributed by atoms with E-state index in [1.807, 2.05) is 0 Å². The predicted molar refractivity (Wildman–Crippen MR) is 60.5 cm³/mol. The molecule has 0 unspecified atom stereocenters. The van der Waals surface area contributed by atoms with Crippen LogP contribution in [-0.4, -0.2) is 36.6 Å². The second kappa shape index (κ2) is 3.82. The summed E-state index contributed by atoms with van der Waals surface area (Å²) in [7, 11) is 4.42. The highest BCUT2D eigenvalue weighted by molar-refractivity contribution is 5.00. The standard InChI is InChI=1S/C12H24N2/c1-12(8-9-12)13-10-4-6-11(7-5-10)14(2)3/h10-11,13H,4-9H2,1-3H3. The van der Waals surface area contributed by atoms with Crippen molar-refractivity contribution < 1.29 is 0 Å². The number of rotatable bonds is 3. The van der Waals surface area contributed by atoms with Crippen molar-refractivity contribution >= 4 is 0 Å². The van der Waals surface area contributed by atoms with Gasteiger partial charge in [-0.3, -0.25) is 0 Å². The highest BCUT2D eigenvalue weighted by Crippen LogP contribution is 2.36. The Morgan fingerprint density at radius 1 is 1.07 bits per heavy atom. The van der Waals surface area contributed by atoms with E-state index >= 15 is 0 Å². The van der Waals surface area contributed by atoms with Crippen molar-refractivity contribution in [2.24, 2.45) is 0 Å². The van der Waals surface area contributed by atoms with Gasteiger partial charge < -0.3 is 10.2 Å². The van der Waals surface area contributed by atoms with E-state index in [-0.39, 0.29) is 0 Å². The first kappa shape index (κ1) is 10.4. The van der Waals surface area contributed by atoms with E-state index in [0.29, 0.717) is 5.54 Å². The van der Waals surface area contributed by atoms with Gasteiger partial charge in [0.25, 0.3) is 0 Å². The minimum atomic E-state index is 0.523. The van der Waals surface area contributed by atoms with Gasteiger partial charge in [0.15, 0.2) is 0 Å². The minimum absolute atomic E-state index is 0.523. The molecule has 0 aliphatic heterocycles. The quantitative estimate of drug-likeness (QED) is 0.743. The van der Waals surface area contributed by atoms with Gasteiger partial charge in [-0.2, -0.15) is 0 Å². The normalized spacial score (nSPS) is 36.0. The highest BCUT2D eigenvalue weighted by atomic mass is 15.1.